The van der Waals surface area contributed by atoms with Crippen LogP contribution in [0.15, 0.2) is 70.8 Å². The normalized spacial score (nSPS) is 10.7. The quantitative estimate of drug-likeness (QED) is 0.442. The van der Waals surface area contributed by atoms with E-state index in [1.807, 2.05) is 30.3 Å². The molecule has 3 N–H and O–H groups in total. The molecule has 2 heterocycles. The summed E-state index contributed by atoms with van der Waals surface area (Å²) in [5, 5.41) is 17.8. The monoisotopic (exact) mass is 433 g/mol. The molecule has 2 amide bonds. The number of nitrogens with one attached hydrogen (secondary N) is 2. The molecule has 0 radical (unpaired) electrons. The van der Waals surface area contributed by atoms with E-state index in [2.05, 4.69) is 10.6 Å². The second kappa shape index (κ2) is 8.45. The number of amides is 2. The van der Waals surface area contributed by atoms with E-state index in [0.29, 0.717) is 21.6 Å². The highest BCUT2D eigenvalue weighted by atomic mass is 32.1. The van der Waals surface area contributed by atoms with Crippen molar-refractivity contribution in [3.8, 4) is 5.75 Å². The molecule has 7 nitrogen and oxygen atoms in total. The topological polar surface area (TPSA) is 100 Å². The molecular weight excluding hydrogens is 414 g/mol. The highest BCUT2D eigenvalue weighted by molar-refractivity contribution is 7.17. The molecule has 0 unspecified atom stereocenters. The number of fused-ring (bicyclic) bond motifs is 1. The van der Waals surface area contributed by atoms with Gasteiger partial charge in [0.1, 0.15) is 5.56 Å². The van der Waals surface area contributed by atoms with Gasteiger partial charge in [0, 0.05) is 18.3 Å². The summed E-state index contributed by atoms with van der Waals surface area (Å²) in [6.45, 7) is 1.65. The lowest BCUT2D eigenvalue weighted by atomic mass is 10.1. The number of aromatic hydroxyl groups is 1. The van der Waals surface area contributed by atoms with Crippen LogP contribution in [-0.4, -0.2) is 21.5 Å². The van der Waals surface area contributed by atoms with E-state index in [4.69, 9.17) is 0 Å². The minimum absolute atomic E-state index is 0.243. The molecule has 31 heavy (non-hydrogen) atoms. The highest BCUT2D eigenvalue weighted by Gasteiger charge is 2.23. The average Bonchev–Trinajstić information content (AvgIpc) is 3.22. The first-order chi connectivity index (χ1) is 14.9. The summed E-state index contributed by atoms with van der Waals surface area (Å²) >= 11 is 1.26. The Morgan fingerprint density at radius 2 is 1.71 bits per heavy atom. The molecular formula is C23H19N3O4S. The summed E-state index contributed by atoms with van der Waals surface area (Å²) < 4.78 is 1.96. The summed E-state index contributed by atoms with van der Waals surface area (Å²) in [6, 6.07) is 17.7. The van der Waals surface area contributed by atoms with Crippen molar-refractivity contribution in [2.24, 2.45) is 0 Å². The Bertz CT molecular complexity index is 1340. The molecule has 0 spiro atoms. The summed E-state index contributed by atoms with van der Waals surface area (Å²) in [7, 11) is 0. The minimum Gasteiger partial charge on any atom is -0.505 e. The Labute approximate surface area is 181 Å². The third-order valence-electron chi connectivity index (χ3n) is 4.70. The summed E-state index contributed by atoms with van der Waals surface area (Å²) in [5.74, 6) is -1.30. The molecule has 0 bridgehead atoms. The van der Waals surface area contributed by atoms with Gasteiger partial charge in [-0.25, -0.2) is 0 Å². The molecule has 0 saturated heterocycles. The van der Waals surface area contributed by atoms with Crippen molar-refractivity contribution in [3.63, 3.8) is 0 Å². The van der Waals surface area contributed by atoms with Gasteiger partial charge in [0.25, 0.3) is 11.5 Å². The van der Waals surface area contributed by atoms with Crippen molar-refractivity contribution in [1.82, 2.24) is 4.57 Å². The summed E-state index contributed by atoms with van der Waals surface area (Å²) in [4.78, 5) is 37.5. The van der Waals surface area contributed by atoms with Crippen LogP contribution in [0.1, 0.15) is 22.8 Å². The Hall–Kier alpha value is -3.91. The number of nitrogens with zero attached hydrogens (tertiary/aromatic N) is 1. The van der Waals surface area contributed by atoms with Crippen LogP contribution in [-0.2, 0) is 11.3 Å². The lowest BCUT2D eigenvalue weighted by molar-refractivity contribution is -0.114. The zero-order valence-corrected chi connectivity index (χ0v) is 17.4. The van der Waals surface area contributed by atoms with Crippen LogP contribution in [0.25, 0.3) is 10.2 Å². The second-order valence-electron chi connectivity index (χ2n) is 6.95. The van der Waals surface area contributed by atoms with E-state index in [0.717, 1.165) is 5.56 Å². The van der Waals surface area contributed by atoms with Gasteiger partial charge in [0.2, 0.25) is 5.91 Å². The van der Waals surface area contributed by atoms with E-state index < -0.39 is 11.5 Å². The van der Waals surface area contributed by atoms with Crippen molar-refractivity contribution in [3.05, 3.63) is 87.5 Å². The van der Waals surface area contributed by atoms with Gasteiger partial charge in [-0.1, -0.05) is 36.4 Å². The fourth-order valence-electron chi connectivity index (χ4n) is 3.35. The van der Waals surface area contributed by atoms with Gasteiger partial charge < -0.3 is 20.3 Å². The van der Waals surface area contributed by atoms with E-state index in [-0.39, 0.29) is 23.8 Å². The third kappa shape index (κ3) is 4.19. The van der Waals surface area contributed by atoms with Gasteiger partial charge in [0.05, 0.1) is 16.8 Å². The number of benzene rings is 2. The number of anilines is 2. The van der Waals surface area contributed by atoms with Crippen LogP contribution in [0.5, 0.6) is 5.75 Å². The van der Waals surface area contributed by atoms with Crippen molar-refractivity contribution in [2.45, 2.75) is 13.5 Å². The molecule has 0 fully saturated rings. The average molecular weight is 433 g/mol. The molecule has 2 aromatic heterocycles. The third-order valence-corrected chi connectivity index (χ3v) is 5.61. The van der Waals surface area contributed by atoms with Gasteiger partial charge in [-0.05, 0) is 35.2 Å². The lowest BCUT2D eigenvalue weighted by Gasteiger charge is -2.13. The van der Waals surface area contributed by atoms with Gasteiger partial charge in [0.15, 0.2) is 5.75 Å². The highest BCUT2D eigenvalue weighted by Crippen LogP contribution is 2.32. The molecule has 0 saturated carbocycles. The molecule has 156 valence electrons. The Morgan fingerprint density at radius 3 is 2.42 bits per heavy atom. The van der Waals surface area contributed by atoms with Crippen molar-refractivity contribution in [2.75, 3.05) is 10.6 Å². The summed E-state index contributed by atoms with van der Waals surface area (Å²) in [5.41, 5.74) is 1.46. The number of rotatable bonds is 5. The Balaban J connectivity index is 1.74. The zero-order chi connectivity index (χ0) is 22.0. The van der Waals surface area contributed by atoms with E-state index >= 15 is 0 Å². The number of carbonyl (C=O) groups excluding carboxylic acids is 2. The molecule has 4 aromatic rings. The largest absolute Gasteiger partial charge is 0.505 e. The van der Waals surface area contributed by atoms with Crippen molar-refractivity contribution in [1.29, 1.82) is 0 Å². The van der Waals surface area contributed by atoms with E-state index in [9.17, 15) is 19.5 Å². The molecule has 4 rings (SSSR count). The summed E-state index contributed by atoms with van der Waals surface area (Å²) in [6.07, 6.45) is 0. The molecule has 0 aliphatic rings. The van der Waals surface area contributed by atoms with Crippen molar-refractivity contribution >= 4 is 44.7 Å². The fraction of sp³-hybridized carbons (Fsp3) is 0.0870. The zero-order valence-electron chi connectivity index (χ0n) is 16.6. The molecule has 0 aliphatic carbocycles. The maximum Gasteiger partial charge on any atom is 0.268 e. The van der Waals surface area contributed by atoms with Gasteiger partial charge in [-0.15, -0.1) is 11.3 Å². The van der Waals surface area contributed by atoms with Gasteiger partial charge >= 0.3 is 0 Å². The predicted molar refractivity (Wildman–Crippen MR) is 122 cm³/mol. The van der Waals surface area contributed by atoms with E-state index in [1.54, 1.807) is 35.7 Å². The standard InChI is InChI=1S/C23H19N3O4S/c1-14(27)24-16-8-5-9-17(12-16)25-22(29)19-20(28)21-18(10-11-31-21)26(23(19)30)13-15-6-3-2-4-7-15/h2-12,28H,13H2,1H3,(H,24,27)(H,25,29). The predicted octanol–water partition coefficient (Wildman–Crippen LogP) is 4.03. The second-order valence-corrected chi connectivity index (χ2v) is 7.87. The molecule has 0 aliphatic heterocycles. The first kappa shape index (κ1) is 20.4. The number of pyridine rings is 1. The van der Waals surface area contributed by atoms with E-state index in [1.165, 1.54) is 22.8 Å². The van der Waals surface area contributed by atoms with Crippen molar-refractivity contribution < 1.29 is 14.7 Å². The van der Waals surface area contributed by atoms with Crippen LogP contribution in [0.2, 0.25) is 0 Å². The van der Waals surface area contributed by atoms with Crippen LogP contribution in [0.3, 0.4) is 0 Å². The number of aromatic nitrogens is 1. The SMILES string of the molecule is CC(=O)Nc1cccc(NC(=O)c2c(O)c3sccc3n(Cc3ccccc3)c2=O)c1. The molecule has 2 aromatic carbocycles. The van der Waals surface area contributed by atoms with Crippen LogP contribution >= 0.6 is 11.3 Å². The van der Waals surface area contributed by atoms with Crippen LogP contribution in [0, 0.1) is 0 Å². The smallest absolute Gasteiger partial charge is 0.268 e. The van der Waals surface area contributed by atoms with Gasteiger partial charge in [-0.2, -0.15) is 0 Å². The number of hydrogen-bond acceptors (Lipinski definition) is 5. The Kier molecular flexibility index (Phi) is 5.55. The van der Waals surface area contributed by atoms with Crippen LogP contribution < -0.4 is 16.2 Å². The van der Waals surface area contributed by atoms with Crippen LogP contribution in [0.4, 0.5) is 11.4 Å². The molecule has 8 heteroatoms. The Morgan fingerprint density at radius 1 is 1.00 bits per heavy atom. The number of thiophene rings is 1. The first-order valence-corrected chi connectivity index (χ1v) is 10.4. The van der Waals surface area contributed by atoms with Gasteiger partial charge in [-0.3, -0.25) is 14.4 Å². The number of carbonyl (C=O) groups is 2. The lowest BCUT2D eigenvalue weighted by Crippen LogP contribution is -2.29. The number of hydrogen-bond donors (Lipinski definition) is 3. The minimum atomic E-state index is -0.723. The maximum absolute atomic E-state index is 13.2. The molecule has 0 atom stereocenters. The first-order valence-electron chi connectivity index (χ1n) is 9.50. The maximum atomic E-state index is 13.2. The fourth-order valence-corrected chi connectivity index (χ4v) is 4.20.